The summed E-state index contributed by atoms with van der Waals surface area (Å²) in [6.45, 7) is 9.61. The van der Waals surface area contributed by atoms with Crippen LogP contribution in [0.25, 0.3) is 5.57 Å². The fourth-order valence-electron chi connectivity index (χ4n) is 3.26. The largest absolute Gasteiger partial charge is 0.334 e. The van der Waals surface area contributed by atoms with E-state index in [9.17, 15) is 14.9 Å². The van der Waals surface area contributed by atoms with Gasteiger partial charge in [-0.25, -0.2) is 10.2 Å². The zero-order valence-corrected chi connectivity index (χ0v) is 16.8. The van der Waals surface area contributed by atoms with Gasteiger partial charge in [0, 0.05) is 0 Å². The maximum atomic E-state index is 12.3. The van der Waals surface area contributed by atoms with Crippen LogP contribution in [0.5, 0.6) is 0 Å². The van der Waals surface area contributed by atoms with Crippen LogP contribution >= 0.6 is 0 Å². The molecule has 0 unspecified atom stereocenters. The molecule has 1 aromatic rings. The molecule has 6 nitrogen and oxygen atoms in total. The van der Waals surface area contributed by atoms with Crippen LogP contribution < -0.4 is 16.2 Å². The first-order valence-corrected chi connectivity index (χ1v) is 9.51. The summed E-state index contributed by atoms with van der Waals surface area (Å²) >= 11 is 0. The second-order valence-corrected chi connectivity index (χ2v) is 7.67. The highest BCUT2D eigenvalue weighted by Crippen LogP contribution is 2.26. The molecule has 1 saturated carbocycles. The van der Waals surface area contributed by atoms with Gasteiger partial charge in [0.15, 0.2) is 0 Å². The molecule has 0 atom stereocenters. The van der Waals surface area contributed by atoms with Gasteiger partial charge >= 0.3 is 6.03 Å². The molecule has 2 rings (SSSR count). The Morgan fingerprint density at radius 1 is 1.14 bits per heavy atom. The van der Waals surface area contributed by atoms with Gasteiger partial charge < -0.3 is 5.32 Å². The molecule has 28 heavy (non-hydrogen) atoms. The monoisotopic (exact) mass is 380 g/mol. The normalized spacial score (nSPS) is 13.9. The third-order valence-corrected chi connectivity index (χ3v) is 4.94. The molecule has 0 saturated heterocycles. The summed E-state index contributed by atoms with van der Waals surface area (Å²) < 4.78 is 0. The number of urea groups is 1. The minimum atomic E-state index is -0.667. The van der Waals surface area contributed by atoms with E-state index in [1.54, 1.807) is 0 Å². The molecular formula is C22H28N4O2. The SMILES string of the molecule is C=C(C)c1cccc(C(C)(C)NC(=O)NNC(=O)C(C#N)=C2CCCCC2)c1. The second kappa shape index (κ2) is 9.23. The van der Waals surface area contributed by atoms with E-state index in [1.165, 1.54) is 0 Å². The zero-order valence-electron chi connectivity index (χ0n) is 16.8. The van der Waals surface area contributed by atoms with Crippen molar-refractivity contribution in [2.75, 3.05) is 0 Å². The first-order chi connectivity index (χ1) is 13.2. The highest BCUT2D eigenvalue weighted by atomic mass is 16.2. The van der Waals surface area contributed by atoms with Crippen LogP contribution in [0, 0.1) is 11.3 Å². The molecule has 148 valence electrons. The van der Waals surface area contributed by atoms with Gasteiger partial charge in [-0.1, -0.05) is 36.8 Å². The van der Waals surface area contributed by atoms with Crippen LogP contribution in [0.3, 0.4) is 0 Å². The number of rotatable bonds is 4. The first-order valence-electron chi connectivity index (χ1n) is 9.51. The van der Waals surface area contributed by atoms with Gasteiger partial charge in [-0.15, -0.1) is 0 Å². The van der Waals surface area contributed by atoms with Crippen molar-refractivity contribution in [1.82, 2.24) is 16.2 Å². The Kier molecular flexibility index (Phi) is 7.00. The van der Waals surface area contributed by atoms with Crippen molar-refractivity contribution in [3.8, 4) is 6.07 Å². The van der Waals surface area contributed by atoms with Gasteiger partial charge in [-0.05, 0) is 69.2 Å². The Bertz CT molecular complexity index is 838. The summed E-state index contributed by atoms with van der Waals surface area (Å²) in [4.78, 5) is 24.6. The van der Waals surface area contributed by atoms with E-state index in [0.717, 1.165) is 54.4 Å². The minimum absolute atomic E-state index is 0.105. The molecule has 0 aromatic heterocycles. The van der Waals surface area contributed by atoms with Crippen molar-refractivity contribution in [3.05, 3.63) is 53.1 Å². The van der Waals surface area contributed by atoms with Gasteiger partial charge in [0.05, 0.1) is 5.54 Å². The third kappa shape index (κ3) is 5.46. The highest BCUT2D eigenvalue weighted by molar-refractivity contribution is 5.98. The lowest BCUT2D eigenvalue weighted by molar-refractivity contribution is -0.117. The molecule has 0 heterocycles. The summed E-state index contributed by atoms with van der Waals surface area (Å²) in [5.74, 6) is -0.573. The van der Waals surface area contributed by atoms with Gasteiger partial charge in [-0.3, -0.25) is 10.2 Å². The van der Waals surface area contributed by atoms with Crippen molar-refractivity contribution >= 4 is 17.5 Å². The molecule has 0 aliphatic heterocycles. The summed E-state index contributed by atoms with van der Waals surface area (Å²) in [7, 11) is 0. The summed E-state index contributed by atoms with van der Waals surface area (Å²) in [6.07, 6.45) is 4.60. The Morgan fingerprint density at radius 2 is 1.82 bits per heavy atom. The highest BCUT2D eigenvalue weighted by Gasteiger charge is 2.24. The zero-order chi connectivity index (χ0) is 20.7. The fraction of sp³-hybridized carbons (Fsp3) is 0.409. The van der Waals surface area contributed by atoms with Crippen molar-refractivity contribution in [3.63, 3.8) is 0 Å². The second-order valence-electron chi connectivity index (χ2n) is 7.67. The molecule has 3 amide bonds. The van der Waals surface area contributed by atoms with E-state index in [1.807, 2.05) is 51.1 Å². The lowest BCUT2D eigenvalue weighted by Gasteiger charge is -2.27. The Morgan fingerprint density at radius 3 is 2.43 bits per heavy atom. The van der Waals surface area contributed by atoms with Crippen LogP contribution in [0.2, 0.25) is 0 Å². The van der Waals surface area contributed by atoms with Crippen molar-refractivity contribution in [2.24, 2.45) is 0 Å². The summed E-state index contributed by atoms with van der Waals surface area (Å²) in [5.41, 5.74) is 7.84. The van der Waals surface area contributed by atoms with Gasteiger partial charge in [0.2, 0.25) is 0 Å². The Labute approximate surface area is 166 Å². The molecule has 1 aromatic carbocycles. The fourth-order valence-corrected chi connectivity index (χ4v) is 3.26. The number of nitriles is 1. The number of nitrogens with zero attached hydrogens (tertiary/aromatic N) is 1. The smallest absolute Gasteiger partial charge is 0.328 e. The van der Waals surface area contributed by atoms with Crippen molar-refractivity contribution in [1.29, 1.82) is 5.26 Å². The molecule has 0 radical (unpaired) electrons. The lowest BCUT2D eigenvalue weighted by Crippen LogP contribution is -2.52. The third-order valence-electron chi connectivity index (χ3n) is 4.94. The van der Waals surface area contributed by atoms with Gasteiger partial charge in [0.25, 0.3) is 5.91 Å². The molecule has 1 aliphatic carbocycles. The number of carbonyl (C=O) groups is 2. The molecule has 6 heteroatoms. The number of amides is 3. The van der Waals surface area contributed by atoms with Crippen LogP contribution in [0.15, 0.2) is 42.0 Å². The first kappa shape index (κ1) is 21.2. The maximum absolute atomic E-state index is 12.3. The number of hydrazine groups is 1. The number of carbonyl (C=O) groups excluding carboxylic acids is 2. The van der Waals surface area contributed by atoms with E-state index < -0.39 is 17.5 Å². The summed E-state index contributed by atoms with van der Waals surface area (Å²) in [5, 5.41) is 12.2. The van der Waals surface area contributed by atoms with E-state index in [-0.39, 0.29) is 5.57 Å². The predicted octanol–water partition coefficient (Wildman–Crippen LogP) is 4.07. The van der Waals surface area contributed by atoms with Gasteiger partial charge in [-0.2, -0.15) is 5.26 Å². The number of hydrogen-bond donors (Lipinski definition) is 3. The molecule has 1 fully saturated rings. The molecule has 3 N–H and O–H groups in total. The lowest BCUT2D eigenvalue weighted by atomic mass is 9.91. The van der Waals surface area contributed by atoms with Crippen molar-refractivity contribution < 1.29 is 9.59 Å². The molecule has 0 spiro atoms. The molecule has 0 bridgehead atoms. The van der Waals surface area contributed by atoms with Gasteiger partial charge in [0.1, 0.15) is 11.6 Å². The van der Waals surface area contributed by atoms with E-state index >= 15 is 0 Å². The number of allylic oxidation sites excluding steroid dienone is 2. The number of benzene rings is 1. The average Bonchev–Trinajstić information content (AvgIpc) is 2.67. The Hall–Kier alpha value is -3.07. The van der Waals surface area contributed by atoms with E-state index in [4.69, 9.17) is 0 Å². The van der Waals surface area contributed by atoms with Crippen LogP contribution in [-0.2, 0) is 10.3 Å². The van der Waals surface area contributed by atoms with Crippen LogP contribution in [0.4, 0.5) is 4.79 Å². The Balaban J connectivity index is 1.99. The minimum Gasteiger partial charge on any atom is -0.328 e. The standard InChI is InChI=1S/C22H28N4O2/c1-15(2)17-11-8-12-18(13-17)22(3,4)24-21(28)26-25-20(27)19(14-23)16-9-6-5-7-10-16/h8,11-13H,1,5-7,9-10H2,2-4H3,(H,25,27)(H2,24,26,28). The average molecular weight is 380 g/mol. The van der Waals surface area contributed by atoms with E-state index in [0.29, 0.717) is 0 Å². The quantitative estimate of drug-likeness (QED) is 0.417. The molecular weight excluding hydrogens is 352 g/mol. The summed E-state index contributed by atoms with van der Waals surface area (Å²) in [6, 6.07) is 9.20. The number of nitrogens with one attached hydrogen (secondary N) is 3. The predicted molar refractivity (Wildman–Crippen MR) is 110 cm³/mol. The van der Waals surface area contributed by atoms with Crippen LogP contribution in [0.1, 0.15) is 64.0 Å². The topological polar surface area (TPSA) is 94.0 Å². The maximum Gasteiger partial charge on any atom is 0.334 e. The van der Waals surface area contributed by atoms with Crippen molar-refractivity contribution in [2.45, 2.75) is 58.4 Å². The van der Waals surface area contributed by atoms with Crippen LogP contribution in [-0.4, -0.2) is 11.9 Å². The number of hydrogen-bond acceptors (Lipinski definition) is 3. The van der Waals surface area contributed by atoms with E-state index in [2.05, 4.69) is 22.7 Å². The molecule has 1 aliphatic rings.